The van der Waals surface area contributed by atoms with Crippen LogP contribution in [0.2, 0.25) is 0 Å². The van der Waals surface area contributed by atoms with Crippen molar-refractivity contribution in [3.05, 3.63) is 95.7 Å². The molecule has 3 aromatic carbocycles. The quantitative estimate of drug-likeness (QED) is 0.337. The highest BCUT2D eigenvalue weighted by Gasteiger charge is 2.18. The SMILES string of the molecule is CC(C)c1ccc(/C=N/NC(=O)c2[nH]c3ccccc3c2-c2ccccc2)cc1. The van der Waals surface area contributed by atoms with Crippen molar-refractivity contribution in [2.45, 2.75) is 19.8 Å². The second-order valence-corrected chi connectivity index (χ2v) is 7.31. The Morgan fingerprint density at radius 3 is 2.34 bits per heavy atom. The van der Waals surface area contributed by atoms with E-state index in [0.717, 1.165) is 27.6 Å². The number of amides is 1. The molecule has 0 radical (unpaired) electrons. The van der Waals surface area contributed by atoms with E-state index < -0.39 is 0 Å². The minimum atomic E-state index is -0.268. The van der Waals surface area contributed by atoms with Crippen LogP contribution in [0.15, 0.2) is 84.0 Å². The summed E-state index contributed by atoms with van der Waals surface area (Å²) in [5, 5.41) is 5.16. The van der Waals surface area contributed by atoms with Crippen LogP contribution in [-0.4, -0.2) is 17.1 Å². The van der Waals surface area contributed by atoms with E-state index in [1.165, 1.54) is 5.56 Å². The van der Waals surface area contributed by atoms with Crippen molar-refractivity contribution in [2.24, 2.45) is 5.10 Å². The Labute approximate surface area is 170 Å². The summed E-state index contributed by atoms with van der Waals surface area (Å²) < 4.78 is 0. The summed E-state index contributed by atoms with van der Waals surface area (Å²) >= 11 is 0. The number of carbonyl (C=O) groups excluding carboxylic acids is 1. The topological polar surface area (TPSA) is 57.2 Å². The summed E-state index contributed by atoms with van der Waals surface area (Å²) in [6.45, 7) is 4.32. The zero-order chi connectivity index (χ0) is 20.2. The number of hydrogen-bond donors (Lipinski definition) is 2. The lowest BCUT2D eigenvalue weighted by Crippen LogP contribution is -2.18. The average Bonchev–Trinajstić information content (AvgIpc) is 3.14. The van der Waals surface area contributed by atoms with Crippen molar-refractivity contribution >= 4 is 23.0 Å². The number of aromatic amines is 1. The molecule has 0 aliphatic carbocycles. The smallest absolute Gasteiger partial charge is 0.288 e. The molecule has 0 atom stereocenters. The third-order valence-electron chi connectivity index (χ3n) is 4.98. The molecule has 0 bridgehead atoms. The van der Waals surface area contributed by atoms with Crippen LogP contribution in [0, 0.1) is 0 Å². The van der Waals surface area contributed by atoms with Crippen LogP contribution in [0.3, 0.4) is 0 Å². The normalized spacial score (nSPS) is 11.4. The fourth-order valence-corrected chi connectivity index (χ4v) is 3.41. The first-order chi connectivity index (χ1) is 14.1. The molecule has 0 fully saturated rings. The molecular weight excluding hydrogens is 358 g/mol. The molecule has 0 saturated heterocycles. The van der Waals surface area contributed by atoms with Gasteiger partial charge >= 0.3 is 0 Å². The molecule has 1 heterocycles. The van der Waals surface area contributed by atoms with E-state index in [2.05, 4.69) is 41.5 Å². The Morgan fingerprint density at radius 2 is 1.62 bits per heavy atom. The number of carbonyl (C=O) groups is 1. The molecule has 1 aromatic heterocycles. The molecule has 2 N–H and O–H groups in total. The first-order valence-corrected chi connectivity index (χ1v) is 9.73. The van der Waals surface area contributed by atoms with Gasteiger partial charge in [-0.25, -0.2) is 5.43 Å². The fourth-order valence-electron chi connectivity index (χ4n) is 3.41. The third-order valence-corrected chi connectivity index (χ3v) is 4.98. The Bertz CT molecular complexity index is 1160. The molecule has 0 aliphatic rings. The van der Waals surface area contributed by atoms with Crippen LogP contribution in [0.1, 0.15) is 41.4 Å². The number of hydrazone groups is 1. The number of H-pyrrole nitrogens is 1. The van der Waals surface area contributed by atoms with E-state index in [1.807, 2.05) is 66.7 Å². The number of nitrogens with zero attached hydrogens (tertiary/aromatic N) is 1. The highest BCUT2D eigenvalue weighted by Crippen LogP contribution is 2.32. The van der Waals surface area contributed by atoms with Crippen molar-refractivity contribution in [1.82, 2.24) is 10.4 Å². The highest BCUT2D eigenvalue weighted by atomic mass is 16.2. The van der Waals surface area contributed by atoms with Gasteiger partial charge in [-0.15, -0.1) is 0 Å². The molecule has 0 unspecified atom stereocenters. The maximum Gasteiger partial charge on any atom is 0.288 e. The van der Waals surface area contributed by atoms with Crippen LogP contribution >= 0.6 is 0 Å². The molecule has 29 heavy (non-hydrogen) atoms. The predicted molar refractivity (Wildman–Crippen MR) is 119 cm³/mol. The number of hydrogen-bond acceptors (Lipinski definition) is 2. The molecule has 0 saturated carbocycles. The molecule has 1 amide bonds. The number of para-hydroxylation sites is 1. The van der Waals surface area contributed by atoms with Gasteiger partial charge in [-0.3, -0.25) is 4.79 Å². The zero-order valence-corrected chi connectivity index (χ0v) is 16.5. The Kier molecular flexibility index (Phi) is 5.25. The summed E-state index contributed by atoms with van der Waals surface area (Å²) in [6, 6.07) is 26.0. The Hall–Kier alpha value is -3.66. The summed E-state index contributed by atoms with van der Waals surface area (Å²) in [5.74, 6) is 0.217. The van der Waals surface area contributed by atoms with E-state index >= 15 is 0 Å². The number of rotatable bonds is 5. The summed E-state index contributed by atoms with van der Waals surface area (Å²) in [7, 11) is 0. The fraction of sp³-hybridized carbons (Fsp3) is 0.120. The maximum atomic E-state index is 12.9. The van der Waals surface area contributed by atoms with Crippen LogP contribution in [-0.2, 0) is 0 Å². The number of nitrogens with one attached hydrogen (secondary N) is 2. The number of benzene rings is 3. The Balaban J connectivity index is 1.60. The summed E-state index contributed by atoms with van der Waals surface area (Å²) in [4.78, 5) is 16.1. The molecule has 0 spiro atoms. The Morgan fingerprint density at radius 1 is 0.931 bits per heavy atom. The van der Waals surface area contributed by atoms with E-state index in [-0.39, 0.29) is 5.91 Å². The van der Waals surface area contributed by atoms with Crippen LogP contribution in [0.25, 0.3) is 22.0 Å². The molecule has 4 nitrogen and oxygen atoms in total. The van der Waals surface area contributed by atoms with E-state index in [0.29, 0.717) is 11.6 Å². The van der Waals surface area contributed by atoms with Gasteiger partial charge in [0.15, 0.2) is 0 Å². The van der Waals surface area contributed by atoms with Crippen LogP contribution in [0.5, 0.6) is 0 Å². The maximum absolute atomic E-state index is 12.9. The van der Waals surface area contributed by atoms with Gasteiger partial charge in [0.1, 0.15) is 5.69 Å². The first kappa shape index (κ1) is 18.7. The molecule has 4 heteroatoms. The largest absolute Gasteiger partial charge is 0.350 e. The van der Waals surface area contributed by atoms with E-state index in [9.17, 15) is 4.79 Å². The van der Waals surface area contributed by atoms with Crippen LogP contribution in [0.4, 0.5) is 0 Å². The van der Waals surface area contributed by atoms with Gasteiger partial charge in [0, 0.05) is 16.5 Å². The zero-order valence-electron chi connectivity index (χ0n) is 16.5. The van der Waals surface area contributed by atoms with Gasteiger partial charge in [0.25, 0.3) is 5.91 Å². The molecule has 4 rings (SSSR count). The van der Waals surface area contributed by atoms with Crippen molar-refractivity contribution < 1.29 is 4.79 Å². The van der Waals surface area contributed by atoms with E-state index in [4.69, 9.17) is 0 Å². The lowest BCUT2D eigenvalue weighted by molar-refractivity contribution is 0.0951. The van der Waals surface area contributed by atoms with E-state index in [1.54, 1.807) is 6.21 Å². The van der Waals surface area contributed by atoms with Crippen molar-refractivity contribution in [3.8, 4) is 11.1 Å². The van der Waals surface area contributed by atoms with Gasteiger partial charge in [0.2, 0.25) is 0 Å². The van der Waals surface area contributed by atoms with Crippen molar-refractivity contribution in [3.63, 3.8) is 0 Å². The van der Waals surface area contributed by atoms with Gasteiger partial charge < -0.3 is 4.98 Å². The lowest BCUT2D eigenvalue weighted by Gasteiger charge is -2.05. The molecule has 0 aliphatic heterocycles. The van der Waals surface area contributed by atoms with Crippen LogP contribution < -0.4 is 5.43 Å². The minimum absolute atomic E-state index is 0.268. The third kappa shape index (κ3) is 3.97. The van der Waals surface area contributed by atoms with Gasteiger partial charge in [-0.05, 0) is 28.7 Å². The van der Waals surface area contributed by atoms with Gasteiger partial charge in [-0.1, -0.05) is 86.6 Å². The molecule has 144 valence electrons. The monoisotopic (exact) mass is 381 g/mol. The number of fused-ring (bicyclic) bond motifs is 1. The lowest BCUT2D eigenvalue weighted by atomic mass is 10.0. The summed E-state index contributed by atoms with van der Waals surface area (Å²) in [6.07, 6.45) is 1.66. The predicted octanol–water partition coefficient (Wildman–Crippen LogP) is 5.72. The van der Waals surface area contributed by atoms with Gasteiger partial charge in [-0.2, -0.15) is 5.10 Å². The second-order valence-electron chi connectivity index (χ2n) is 7.31. The first-order valence-electron chi connectivity index (χ1n) is 9.73. The minimum Gasteiger partial charge on any atom is -0.350 e. The second kappa shape index (κ2) is 8.15. The summed E-state index contributed by atoms with van der Waals surface area (Å²) in [5.41, 5.74) is 8.17. The van der Waals surface area contributed by atoms with Crippen molar-refractivity contribution in [2.75, 3.05) is 0 Å². The standard InChI is InChI=1S/C25H23N3O/c1-17(2)19-14-12-18(13-15-19)16-26-28-25(29)24-23(20-8-4-3-5-9-20)21-10-6-7-11-22(21)27-24/h3-17,27H,1-2H3,(H,28,29)/b26-16+. The molecular formula is C25H23N3O. The van der Waals surface area contributed by atoms with Gasteiger partial charge in [0.05, 0.1) is 6.21 Å². The number of aromatic nitrogens is 1. The molecule has 4 aromatic rings. The highest BCUT2D eigenvalue weighted by molar-refractivity contribution is 6.09. The van der Waals surface area contributed by atoms with Crippen molar-refractivity contribution in [1.29, 1.82) is 0 Å². The average molecular weight is 381 g/mol.